The summed E-state index contributed by atoms with van der Waals surface area (Å²) in [5.41, 5.74) is 4.44. The zero-order valence-electron chi connectivity index (χ0n) is 18.6. The summed E-state index contributed by atoms with van der Waals surface area (Å²) in [5.74, 6) is -0.743. The van der Waals surface area contributed by atoms with Crippen molar-refractivity contribution in [3.05, 3.63) is 88.0 Å². The molecule has 168 valence electrons. The van der Waals surface area contributed by atoms with Crippen LogP contribution in [0.4, 0.5) is 10.1 Å². The van der Waals surface area contributed by atoms with Crippen molar-refractivity contribution in [2.75, 3.05) is 31.1 Å². The fraction of sp³-hybridized carbons (Fsp3) is 0.231. The molecule has 0 atom stereocenters. The van der Waals surface area contributed by atoms with Crippen molar-refractivity contribution in [1.82, 2.24) is 9.47 Å². The minimum atomic E-state index is -0.479. The van der Waals surface area contributed by atoms with Crippen LogP contribution in [0.25, 0.3) is 11.8 Å². The smallest absolute Gasteiger partial charge is 0.264 e. The van der Waals surface area contributed by atoms with Gasteiger partial charge in [0.2, 0.25) is 0 Å². The SMILES string of the molecule is Cc1cc(C=C(C#N)C(=O)N2CCN(c3ccccc3)CC2)c(C)n1-c1ccc(F)c(Cl)c1. The van der Waals surface area contributed by atoms with Gasteiger partial charge in [-0.25, -0.2) is 4.39 Å². The number of hydrogen-bond acceptors (Lipinski definition) is 3. The van der Waals surface area contributed by atoms with Crippen LogP contribution >= 0.6 is 11.6 Å². The number of carbonyl (C=O) groups is 1. The second kappa shape index (κ2) is 9.51. The van der Waals surface area contributed by atoms with E-state index < -0.39 is 5.82 Å². The number of aromatic nitrogens is 1. The van der Waals surface area contributed by atoms with Gasteiger partial charge in [-0.1, -0.05) is 29.8 Å². The number of nitrogens with zero attached hydrogens (tertiary/aromatic N) is 4. The van der Waals surface area contributed by atoms with Gasteiger partial charge in [0, 0.05) is 48.9 Å². The Morgan fingerprint density at radius 2 is 1.73 bits per heavy atom. The predicted octanol–water partition coefficient (Wildman–Crippen LogP) is 5.14. The molecule has 4 rings (SSSR count). The van der Waals surface area contributed by atoms with E-state index in [0.717, 1.165) is 28.3 Å². The molecule has 0 bridgehead atoms. The van der Waals surface area contributed by atoms with E-state index in [-0.39, 0.29) is 16.5 Å². The van der Waals surface area contributed by atoms with E-state index in [1.54, 1.807) is 23.1 Å². The summed E-state index contributed by atoms with van der Waals surface area (Å²) in [5, 5.41) is 9.77. The third kappa shape index (κ3) is 4.64. The van der Waals surface area contributed by atoms with E-state index in [1.165, 1.54) is 6.07 Å². The Hall–Kier alpha value is -3.56. The van der Waals surface area contributed by atoms with Crippen LogP contribution in [0.3, 0.4) is 0 Å². The van der Waals surface area contributed by atoms with Gasteiger partial charge in [0.25, 0.3) is 5.91 Å². The van der Waals surface area contributed by atoms with Crippen LogP contribution in [-0.4, -0.2) is 41.6 Å². The first-order valence-corrected chi connectivity index (χ1v) is 11.1. The molecule has 0 N–H and O–H groups in total. The number of anilines is 1. The summed E-state index contributed by atoms with van der Waals surface area (Å²) in [6.07, 6.45) is 1.63. The summed E-state index contributed by atoms with van der Waals surface area (Å²) in [6, 6.07) is 18.6. The van der Waals surface area contributed by atoms with Gasteiger partial charge in [-0.2, -0.15) is 5.26 Å². The van der Waals surface area contributed by atoms with Gasteiger partial charge in [0.1, 0.15) is 17.5 Å². The Bertz CT molecular complexity index is 1250. The Balaban J connectivity index is 1.54. The van der Waals surface area contributed by atoms with E-state index in [1.807, 2.05) is 42.7 Å². The van der Waals surface area contributed by atoms with Crippen molar-refractivity contribution in [2.45, 2.75) is 13.8 Å². The maximum absolute atomic E-state index is 13.6. The van der Waals surface area contributed by atoms with Gasteiger partial charge < -0.3 is 14.4 Å². The molecule has 1 amide bonds. The predicted molar refractivity (Wildman–Crippen MR) is 129 cm³/mol. The molecule has 1 aliphatic heterocycles. The number of carbonyl (C=O) groups excluding carboxylic acids is 1. The van der Waals surface area contributed by atoms with Crippen LogP contribution in [0.2, 0.25) is 5.02 Å². The number of piperazine rings is 1. The molecule has 1 saturated heterocycles. The molecule has 0 aliphatic carbocycles. The Morgan fingerprint density at radius 1 is 1.03 bits per heavy atom. The van der Waals surface area contributed by atoms with Crippen molar-refractivity contribution in [2.24, 2.45) is 0 Å². The number of rotatable bonds is 4. The highest BCUT2D eigenvalue weighted by molar-refractivity contribution is 6.30. The summed E-state index contributed by atoms with van der Waals surface area (Å²) in [7, 11) is 0. The second-order valence-electron chi connectivity index (χ2n) is 8.04. The molecule has 0 saturated carbocycles. The van der Waals surface area contributed by atoms with Crippen molar-refractivity contribution in [1.29, 1.82) is 5.26 Å². The molecule has 2 aromatic carbocycles. The van der Waals surface area contributed by atoms with Crippen LogP contribution in [0, 0.1) is 31.0 Å². The monoisotopic (exact) mass is 462 g/mol. The second-order valence-corrected chi connectivity index (χ2v) is 8.45. The molecule has 5 nitrogen and oxygen atoms in total. The lowest BCUT2D eigenvalue weighted by atomic mass is 10.1. The van der Waals surface area contributed by atoms with Gasteiger partial charge >= 0.3 is 0 Å². The average Bonchev–Trinajstić information content (AvgIpc) is 3.12. The number of aryl methyl sites for hydroxylation is 1. The lowest BCUT2D eigenvalue weighted by Gasteiger charge is -2.36. The highest BCUT2D eigenvalue weighted by Crippen LogP contribution is 2.26. The highest BCUT2D eigenvalue weighted by Gasteiger charge is 2.24. The molecule has 33 heavy (non-hydrogen) atoms. The van der Waals surface area contributed by atoms with Crippen molar-refractivity contribution >= 4 is 29.3 Å². The molecule has 1 fully saturated rings. The van der Waals surface area contributed by atoms with E-state index in [4.69, 9.17) is 11.6 Å². The molecule has 2 heterocycles. The first kappa shape index (κ1) is 22.6. The van der Waals surface area contributed by atoms with Crippen LogP contribution < -0.4 is 4.90 Å². The van der Waals surface area contributed by atoms with Crippen LogP contribution in [0.1, 0.15) is 17.0 Å². The quantitative estimate of drug-likeness (QED) is 0.398. The maximum atomic E-state index is 13.6. The molecule has 7 heteroatoms. The molecule has 3 aromatic rings. The normalized spacial score (nSPS) is 14.3. The minimum Gasteiger partial charge on any atom is -0.368 e. The van der Waals surface area contributed by atoms with Gasteiger partial charge in [-0.05, 0) is 61.9 Å². The number of benzene rings is 2. The standard InChI is InChI=1S/C26H24ClFN4O/c1-18-14-20(19(2)32(18)23-8-9-25(28)24(27)16-23)15-21(17-29)26(33)31-12-10-30(11-13-31)22-6-4-3-5-7-22/h3-9,14-16H,10-13H2,1-2H3. The summed E-state index contributed by atoms with van der Waals surface area (Å²) >= 11 is 5.96. The fourth-order valence-corrected chi connectivity index (χ4v) is 4.40. The summed E-state index contributed by atoms with van der Waals surface area (Å²) in [4.78, 5) is 17.0. The number of nitriles is 1. The zero-order chi connectivity index (χ0) is 23.5. The third-order valence-corrected chi connectivity index (χ3v) is 6.26. The number of para-hydroxylation sites is 1. The van der Waals surface area contributed by atoms with E-state index >= 15 is 0 Å². The van der Waals surface area contributed by atoms with Crippen LogP contribution in [0.5, 0.6) is 0 Å². The molecular weight excluding hydrogens is 439 g/mol. The Labute approximate surface area is 197 Å². The van der Waals surface area contributed by atoms with Gasteiger partial charge in [-0.15, -0.1) is 0 Å². The first-order valence-electron chi connectivity index (χ1n) is 10.7. The van der Waals surface area contributed by atoms with Crippen LogP contribution in [0.15, 0.2) is 60.2 Å². The summed E-state index contributed by atoms with van der Waals surface area (Å²) < 4.78 is 15.5. The molecular formula is C26H24ClFN4O. The van der Waals surface area contributed by atoms with Gasteiger partial charge in [0.15, 0.2) is 0 Å². The number of hydrogen-bond donors (Lipinski definition) is 0. The third-order valence-electron chi connectivity index (χ3n) is 5.97. The van der Waals surface area contributed by atoms with Gasteiger partial charge in [-0.3, -0.25) is 4.79 Å². The molecule has 0 radical (unpaired) electrons. The highest BCUT2D eigenvalue weighted by atomic mass is 35.5. The number of halogens is 2. The fourth-order valence-electron chi connectivity index (χ4n) is 4.23. The molecule has 0 spiro atoms. The minimum absolute atomic E-state index is 0.0413. The van der Waals surface area contributed by atoms with Crippen molar-refractivity contribution in [3.63, 3.8) is 0 Å². The van der Waals surface area contributed by atoms with Gasteiger partial charge in [0.05, 0.1) is 5.02 Å². The zero-order valence-corrected chi connectivity index (χ0v) is 19.3. The van der Waals surface area contributed by atoms with E-state index in [2.05, 4.69) is 23.1 Å². The topological polar surface area (TPSA) is 52.3 Å². The Kier molecular flexibility index (Phi) is 6.52. The van der Waals surface area contributed by atoms with E-state index in [0.29, 0.717) is 26.2 Å². The molecule has 1 aliphatic rings. The maximum Gasteiger partial charge on any atom is 0.264 e. The Morgan fingerprint density at radius 3 is 2.36 bits per heavy atom. The van der Waals surface area contributed by atoms with Crippen molar-refractivity contribution in [3.8, 4) is 11.8 Å². The molecule has 1 aromatic heterocycles. The lowest BCUT2D eigenvalue weighted by molar-refractivity contribution is -0.126. The average molecular weight is 463 g/mol. The lowest BCUT2D eigenvalue weighted by Crippen LogP contribution is -2.49. The van der Waals surface area contributed by atoms with Crippen LogP contribution in [-0.2, 0) is 4.79 Å². The summed E-state index contributed by atoms with van der Waals surface area (Å²) in [6.45, 7) is 6.36. The first-order chi connectivity index (χ1) is 15.9. The largest absolute Gasteiger partial charge is 0.368 e. The number of amides is 1. The van der Waals surface area contributed by atoms with E-state index in [9.17, 15) is 14.4 Å². The molecule has 0 unspecified atom stereocenters. The van der Waals surface area contributed by atoms with Crippen molar-refractivity contribution < 1.29 is 9.18 Å².